The van der Waals surface area contributed by atoms with Crippen LogP contribution in [0.2, 0.25) is 0 Å². The van der Waals surface area contributed by atoms with Gasteiger partial charge in [0.2, 0.25) is 10.0 Å². The van der Waals surface area contributed by atoms with Gasteiger partial charge < -0.3 is 10.1 Å². The summed E-state index contributed by atoms with van der Waals surface area (Å²) in [4.78, 5) is 35.8. The maximum Gasteiger partial charge on any atom is 0.321 e. The number of hydrogen-bond acceptors (Lipinski definition) is 6. The fraction of sp³-hybridized carbons (Fsp3) is 0.348. The van der Waals surface area contributed by atoms with E-state index in [1.54, 1.807) is 0 Å². The van der Waals surface area contributed by atoms with Crippen LogP contribution in [0.15, 0.2) is 59.5 Å². The first-order chi connectivity index (χ1) is 15.1. The lowest BCUT2D eigenvalue weighted by Gasteiger charge is -2.21. The summed E-state index contributed by atoms with van der Waals surface area (Å²) in [5.74, 6) is -1.54. The first-order valence-corrected chi connectivity index (χ1v) is 11.8. The Bertz CT molecular complexity index is 1040. The van der Waals surface area contributed by atoms with Crippen LogP contribution in [0, 0.1) is 0 Å². The molecule has 1 amide bonds. The Kier molecular flexibility index (Phi) is 9.10. The van der Waals surface area contributed by atoms with E-state index in [0.29, 0.717) is 5.56 Å². The summed E-state index contributed by atoms with van der Waals surface area (Å²) in [5, 5.41) is 2.87. The SMILES string of the molecule is CCCC(NC(=O)C(C)OC(=O)CNS(=O)(=O)c1ccc(C(C)=O)cc1)c1ccccc1. The minimum absolute atomic E-state index is 0.0913. The van der Waals surface area contributed by atoms with Gasteiger partial charge in [0, 0.05) is 5.56 Å². The van der Waals surface area contributed by atoms with Gasteiger partial charge in [-0.15, -0.1) is 0 Å². The van der Waals surface area contributed by atoms with E-state index in [2.05, 4.69) is 10.0 Å². The number of sulfonamides is 1. The number of ketones is 1. The van der Waals surface area contributed by atoms with Crippen molar-refractivity contribution in [3.05, 3.63) is 65.7 Å². The van der Waals surface area contributed by atoms with Gasteiger partial charge >= 0.3 is 5.97 Å². The second-order valence-electron chi connectivity index (χ2n) is 7.30. The molecule has 0 aliphatic heterocycles. The summed E-state index contributed by atoms with van der Waals surface area (Å²) in [5.41, 5.74) is 1.32. The zero-order valence-electron chi connectivity index (χ0n) is 18.3. The fourth-order valence-corrected chi connectivity index (χ4v) is 3.95. The maximum atomic E-state index is 12.5. The fourth-order valence-electron chi connectivity index (χ4n) is 2.98. The predicted octanol–water partition coefficient (Wildman–Crippen LogP) is 2.76. The highest BCUT2D eigenvalue weighted by molar-refractivity contribution is 7.89. The van der Waals surface area contributed by atoms with Crippen molar-refractivity contribution in [3.63, 3.8) is 0 Å². The Morgan fingerprint density at radius 3 is 2.19 bits per heavy atom. The van der Waals surface area contributed by atoms with Crippen LogP contribution in [0.3, 0.4) is 0 Å². The quantitative estimate of drug-likeness (QED) is 0.393. The number of carbonyl (C=O) groups is 3. The van der Waals surface area contributed by atoms with Gasteiger partial charge in [-0.2, -0.15) is 4.72 Å². The average Bonchev–Trinajstić information content (AvgIpc) is 2.78. The molecule has 9 heteroatoms. The number of carbonyl (C=O) groups excluding carboxylic acids is 3. The maximum absolute atomic E-state index is 12.5. The molecule has 0 saturated carbocycles. The number of rotatable bonds is 11. The molecule has 0 spiro atoms. The van der Waals surface area contributed by atoms with E-state index < -0.39 is 34.5 Å². The number of amides is 1. The van der Waals surface area contributed by atoms with E-state index in [0.717, 1.165) is 18.4 Å². The van der Waals surface area contributed by atoms with E-state index in [9.17, 15) is 22.8 Å². The molecule has 0 aliphatic rings. The molecule has 0 bridgehead atoms. The molecule has 2 aromatic carbocycles. The molecule has 0 aliphatic carbocycles. The lowest BCUT2D eigenvalue weighted by molar-refractivity contribution is -0.153. The van der Waals surface area contributed by atoms with E-state index >= 15 is 0 Å². The highest BCUT2D eigenvalue weighted by atomic mass is 32.2. The van der Waals surface area contributed by atoms with Crippen molar-refractivity contribution < 1.29 is 27.5 Å². The molecule has 0 heterocycles. The predicted molar refractivity (Wildman–Crippen MR) is 119 cm³/mol. The lowest BCUT2D eigenvalue weighted by atomic mass is 10.0. The zero-order valence-corrected chi connectivity index (χ0v) is 19.1. The van der Waals surface area contributed by atoms with Gasteiger partial charge in [-0.1, -0.05) is 55.8 Å². The third-order valence-electron chi connectivity index (χ3n) is 4.75. The van der Waals surface area contributed by atoms with Crippen LogP contribution >= 0.6 is 0 Å². The largest absolute Gasteiger partial charge is 0.452 e. The zero-order chi connectivity index (χ0) is 23.7. The van der Waals surface area contributed by atoms with Crippen LogP contribution in [-0.2, 0) is 24.3 Å². The van der Waals surface area contributed by atoms with Gasteiger partial charge in [0.15, 0.2) is 11.9 Å². The molecule has 2 atom stereocenters. The second-order valence-corrected chi connectivity index (χ2v) is 9.06. The Morgan fingerprint density at radius 1 is 1.00 bits per heavy atom. The minimum Gasteiger partial charge on any atom is -0.452 e. The summed E-state index contributed by atoms with van der Waals surface area (Å²) in [6.07, 6.45) is 0.479. The van der Waals surface area contributed by atoms with Gasteiger partial charge in [0.1, 0.15) is 6.54 Å². The number of hydrogen-bond donors (Lipinski definition) is 2. The highest BCUT2D eigenvalue weighted by Crippen LogP contribution is 2.18. The van der Waals surface area contributed by atoms with Gasteiger partial charge in [0.05, 0.1) is 10.9 Å². The highest BCUT2D eigenvalue weighted by Gasteiger charge is 2.23. The smallest absolute Gasteiger partial charge is 0.321 e. The van der Waals surface area contributed by atoms with Crippen LogP contribution in [0.25, 0.3) is 0 Å². The molecule has 0 aromatic heterocycles. The first-order valence-electron chi connectivity index (χ1n) is 10.3. The molecule has 2 rings (SSSR count). The monoisotopic (exact) mass is 460 g/mol. The molecule has 2 unspecified atom stereocenters. The molecule has 0 fully saturated rings. The number of esters is 1. The van der Waals surface area contributed by atoms with Crippen molar-refractivity contribution >= 4 is 27.7 Å². The van der Waals surface area contributed by atoms with Gasteiger partial charge in [-0.05, 0) is 38.0 Å². The van der Waals surface area contributed by atoms with E-state index in [1.807, 2.05) is 37.3 Å². The third kappa shape index (κ3) is 7.28. The Balaban J connectivity index is 1.91. The van der Waals surface area contributed by atoms with Crippen molar-refractivity contribution in [2.24, 2.45) is 0 Å². The molecular weight excluding hydrogens is 432 g/mol. The van der Waals surface area contributed by atoms with E-state index in [4.69, 9.17) is 4.74 Å². The molecule has 0 radical (unpaired) electrons. The normalized spacial score (nSPS) is 13.1. The molecule has 32 heavy (non-hydrogen) atoms. The molecular formula is C23H28N2O6S. The summed E-state index contributed by atoms with van der Waals surface area (Å²) in [6.45, 7) is 4.17. The third-order valence-corrected chi connectivity index (χ3v) is 6.17. The van der Waals surface area contributed by atoms with Gasteiger partial charge in [0.25, 0.3) is 5.91 Å². The number of benzene rings is 2. The number of Topliss-reactive ketones (excluding diaryl/α,β-unsaturated/α-hetero) is 1. The Hall–Kier alpha value is -3.04. The van der Waals surface area contributed by atoms with Crippen molar-refractivity contribution in [1.29, 1.82) is 0 Å². The molecule has 172 valence electrons. The Morgan fingerprint density at radius 2 is 1.62 bits per heavy atom. The first kappa shape index (κ1) is 25.2. The van der Waals surface area contributed by atoms with Crippen molar-refractivity contribution in [2.45, 2.75) is 50.7 Å². The second kappa shape index (κ2) is 11.5. The standard InChI is InChI=1S/C23H28N2O6S/c1-4-8-21(19-9-6-5-7-10-19)25-23(28)17(3)31-22(27)15-24-32(29,30)20-13-11-18(12-14-20)16(2)26/h5-7,9-14,17,21,24H,4,8,15H2,1-3H3,(H,25,28). The number of nitrogens with one attached hydrogen (secondary N) is 2. The molecule has 2 N–H and O–H groups in total. The molecule has 2 aromatic rings. The van der Waals surface area contributed by atoms with Crippen LogP contribution < -0.4 is 10.0 Å². The van der Waals surface area contributed by atoms with E-state index in [1.165, 1.54) is 38.1 Å². The molecule has 0 saturated heterocycles. The molecule has 8 nitrogen and oxygen atoms in total. The van der Waals surface area contributed by atoms with Crippen LogP contribution in [0.4, 0.5) is 0 Å². The minimum atomic E-state index is -3.98. The topological polar surface area (TPSA) is 119 Å². The average molecular weight is 461 g/mol. The van der Waals surface area contributed by atoms with Gasteiger partial charge in [-0.3, -0.25) is 14.4 Å². The van der Waals surface area contributed by atoms with Crippen molar-refractivity contribution in [2.75, 3.05) is 6.54 Å². The van der Waals surface area contributed by atoms with Crippen molar-refractivity contribution in [1.82, 2.24) is 10.0 Å². The van der Waals surface area contributed by atoms with Crippen LogP contribution in [0.5, 0.6) is 0 Å². The van der Waals surface area contributed by atoms with E-state index in [-0.39, 0.29) is 16.7 Å². The van der Waals surface area contributed by atoms with Crippen LogP contribution in [-0.4, -0.2) is 38.7 Å². The van der Waals surface area contributed by atoms with Crippen molar-refractivity contribution in [3.8, 4) is 0 Å². The van der Waals surface area contributed by atoms with Gasteiger partial charge in [-0.25, -0.2) is 8.42 Å². The number of ether oxygens (including phenoxy) is 1. The lowest BCUT2D eigenvalue weighted by Crippen LogP contribution is -2.40. The Labute approximate surface area is 188 Å². The summed E-state index contributed by atoms with van der Waals surface area (Å²) in [6, 6.07) is 14.6. The summed E-state index contributed by atoms with van der Waals surface area (Å²) >= 11 is 0. The summed E-state index contributed by atoms with van der Waals surface area (Å²) < 4.78 is 31.9. The van der Waals surface area contributed by atoms with Crippen LogP contribution in [0.1, 0.15) is 55.6 Å². The summed E-state index contributed by atoms with van der Waals surface area (Å²) in [7, 11) is -3.98.